The SMILES string of the molecule is COCC(N)CN(C)c1nccc2c(OC)cccc12. The fourth-order valence-electron chi connectivity index (χ4n) is 2.35. The number of benzene rings is 1. The molecular weight excluding hydrogens is 254 g/mol. The maximum absolute atomic E-state index is 6.00. The average molecular weight is 275 g/mol. The lowest BCUT2D eigenvalue weighted by molar-refractivity contribution is 0.181. The van der Waals surface area contributed by atoms with Gasteiger partial charge in [-0.2, -0.15) is 0 Å². The molecule has 0 amide bonds. The summed E-state index contributed by atoms with van der Waals surface area (Å²) in [6.45, 7) is 1.20. The Morgan fingerprint density at radius 3 is 2.75 bits per heavy atom. The van der Waals surface area contributed by atoms with Crippen molar-refractivity contribution < 1.29 is 9.47 Å². The fourth-order valence-corrected chi connectivity index (χ4v) is 2.35. The van der Waals surface area contributed by atoms with Gasteiger partial charge in [-0.05, 0) is 12.1 Å². The third-order valence-corrected chi connectivity index (χ3v) is 3.22. The lowest BCUT2D eigenvalue weighted by Crippen LogP contribution is -2.38. The van der Waals surface area contributed by atoms with Crippen molar-refractivity contribution in [3.63, 3.8) is 0 Å². The Hall–Kier alpha value is -1.85. The highest BCUT2D eigenvalue weighted by molar-refractivity contribution is 5.96. The van der Waals surface area contributed by atoms with E-state index in [4.69, 9.17) is 15.2 Å². The van der Waals surface area contributed by atoms with Gasteiger partial charge in [0.2, 0.25) is 0 Å². The van der Waals surface area contributed by atoms with Crippen LogP contribution in [0.3, 0.4) is 0 Å². The Morgan fingerprint density at radius 2 is 2.05 bits per heavy atom. The second-order valence-electron chi connectivity index (χ2n) is 4.79. The molecule has 1 aromatic heterocycles. The molecule has 0 aliphatic carbocycles. The molecule has 5 nitrogen and oxygen atoms in total. The zero-order valence-corrected chi connectivity index (χ0v) is 12.2. The number of hydrogen-bond donors (Lipinski definition) is 1. The highest BCUT2D eigenvalue weighted by Crippen LogP contribution is 2.30. The van der Waals surface area contributed by atoms with Crippen molar-refractivity contribution in [2.75, 3.05) is 39.3 Å². The van der Waals surface area contributed by atoms with Crippen LogP contribution in [0.1, 0.15) is 0 Å². The predicted molar refractivity (Wildman–Crippen MR) is 81.4 cm³/mol. The smallest absolute Gasteiger partial charge is 0.136 e. The zero-order valence-electron chi connectivity index (χ0n) is 12.2. The van der Waals surface area contributed by atoms with Gasteiger partial charge in [0.25, 0.3) is 0 Å². The minimum Gasteiger partial charge on any atom is -0.496 e. The summed E-state index contributed by atoms with van der Waals surface area (Å²) in [4.78, 5) is 6.52. The molecular formula is C15H21N3O2. The van der Waals surface area contributed by atoms with E-state index in [1.165, 1.54) is 0 Å². The lowest BCUT2D eigenvalue weighted by Gasteiger charge is -2.23. The number of rotatable bonds is 6. The maximum Gasteiger partial charge on any atom is 0.136 e. The Kier molecular flexibility index (Phi) is 4.76. The van der Waals surface area contributed by atoms with Crippen molar-refractivity contribution >= 4 is 16.6 Å². The minimum atomic E-state index is -0.0485. The standard InChI is InChI=1S/C15H21N3O2/c1-18(9-11(16)10-19-2)15-13-5-4-6-14(20-3)12(13)7-8-17-15/h4-8,11H,9-10,16H2,1-3H3. The number of aromatic nitrogens is 1. The summed E-state index contributed by atoms with van der Waals surface area (Å²) in [6, 6.07) is 7.87. The van der Waals surface area contributed by atoms with Crippen LogP contribution in [-0.4, -0.2) is 45.4 Å². The molecule has 1 aromatic carbocycles. The molecule has 2 N–H and O–H groups in total. The van der Waals surface area contributed by atoms with Gasteiger partial charge in [0.05, 0.1) is 13.7 Å². The summed E-state index contributed by atoms with van der Waals surface area (Å²) in [5.74, 6) is 1.74. The first-order valence-electron chi connectivity index (χ1n) is 6.54. The summed E-state index contributed by atoms with van der Waals surface area (Å²) in [5, 5.41) is 2.10. The predicted octanol–water partition coefficient (Wildman–Crippen LogP) is 1.65. The largest absolute Gasteiger partial charge is 0.496 e. The number of nitrogens with zero attached hydrogens (tertiary/aromatic N) is 2. The average Bonchev–Trinajstić information content (AvgIpc) is 2.46. The molecule has 5 heteroatoms. The summed E-state index contributed by atoms with van der Waals surface area (Å²) in [7, 11) is 5.31. The van der Waals surface area contributed by atoms with E-state index in [0.717, 1.165) is 22.3 Å². The number of fused-ring (bicyclic) bond motifs is 1. The number of nitrogens with two attached hydrogens (primary N) is 1. The molecule has 2 rings (SSSR count). The Balaban J connectivity index is 2.34. The van der Waals surface area contributed by atoms with Crippen molar-refractivity contribution in [2.24, 2.45) is 5.73 Å². The van der Waals surface area contributed by atoms with Crippen LogP contribution < -0.4 is 15.4 Å². The molecule has 0 fully saturated rings. The van der Waals surface area contributed by atoms with E-state index in [9.17, 15) is 0 Å². The van der Waals surface area contributed by atoms with Gasteiger partial charge in [-0.15, -0.1) is 0 Å². The first-order chi connectivity index (χ1) is 9.67. The molecule has 0 saturated carbocycles. The van der Waals surface area contributed by atoms with Gasteiger partial charge in [0, 0.05) is 43.7 Å². The first-order valence-corrected chi connectivity index (χ1v) is 6.54. The van der Waals surface area contributed by atoms with Crippen molar-refractivity contribution in [2.45, 2.75) is 6.04 Å². The van der Waals surface area contributed by atoms with E-state index in [-0.39, 0.29) is 6.04 Å². The zero-order chi connectivity index (χ0) is 14.5. The topological polar surface area (TPSA) is 60.6 Å². The molecule has 1 unspecified atom stereocenters. The number of ether oxygens (including phenoxy) is 2. The number of anilines is 1. The van der Waals surface area contributed by atoms with Crippen LogP contribution in [0.4, 0.5) is 5.82 Å². The highest BCUT2D eigenvalue weighted by atomic mass is 16.5. The molecule has 108 valence electrons. The summed E-state index contributed by atoms with van der Waals surface area (Å²) < 4.78 is 10.5. The van der Waals surface area contributed by atoms with Crippen molar-refractivity contribution in [3.8, 4) is 5.75 Å². The number of pyridine rings is 1. The van der Waals surface area contributed by atoms with Crippen molar-refractivity contribution in [1.29, 1.82) is 0 Å². The van der Waals surface area contributed by atoms with Gasteiger partial charge < -0.3 is 20.1 Å². The Labute approximate surface area is 119 Å². The summed E-state index contributed by atoms with van der Waals surface area (Å²) >= 11 is 0. The molecule has 0 aliphatic heterocycles. The molecule has 1 atom stereocenters. The van der Waals surface area contributed by atoms with E-state index in [2.05, 4.69) is 4.98 Å². The molecule has 1 heterocycles. The van der Waals surface area contributed by atoms with Crippen LogP contribution >= 0.6 is 0 Å². The van der Waals surface area contributed by atoms with Gasteiger partial charge in [0.1, 0.15) is 11.6 Å². The highest BCUT2D eigenvalue weighted by Gasteiger charge is 2.12. The molecule has 0 spiro atoms. The number of likely N-dealkylation sites (N-methyl/N-ethyl adjacent to an activating group) is 1. The molecule has 0 bridgehead atoms. The van der Waals surface area contributed by atoms with Crippen LogP contribution in [-0.2, 0) is 4.74 Å². The van der Waals surface area contributed by atoms with E-state index in [1.807, 2.05) is 36.2 Å². The van der Waals surface area contributed by atoms with Crippen LogP contribution in [0.2, 0.25) is 0 Å². The molecule has 0 aliphatic rings. The van der Waals surface area contributed by atoms with Gasteiger partial charge in [-0.3, -0.25) is 0 Å². The summed E-state index contributed by atoms with van der Waals surface area (Å²) in [5.41, 5.74) is 6.00. The molecule has 0 radical (unpaired) electrons. The third-order valence-electron chi connectivity index (χ3n) is 3.22. The maximum atomic E-state index is 6.00. The van der Waals surface area contributed by atoms with E-state index in [0.29, 0.717) is 13.2 Å². The fraction of sp³-hybridized carbons (Fsp3) is 0.400. The van der Waals surface area contributed by atoms with E-state index in [1.54, 1.807) is 20.4 Å². The summed E-state index contributed by atoms with van der Waals surface area (Å²) in [6.07, 6.45) is 1.79. The van der Waals surface area contributed by atoms with Gasteiger partial charge in [0.15, 0.2) is 0 Å². The second-order valence-corrected chi connectivity index (χ2v) is 4.79. The normalized spacial score (nSPS) is 12.4. The van der Waals surface area contributed by atoms with Crippen LogP contribution in [0.15, 0.2) is 30.5 Å². The number of methoxy groups -OCH3 is 2. The Morgan fingerprint density at radius 1 is 1.25 bits per heavy atom. The minimum absolute atomic E-state index is 0.0485. The van der Waals surface area contributed by atoms with Crippen molar-refractivity contribution in [1.82, 2.24) is 4.98 Å². The third kappa shape index (κ3) is 3.00. The van der Waals surface area contributed by atoms with E-state index >= 15 is 0 Å². The van der Waals surface area contributed by atoms with E-state index < -0.39 is 0 Å². The van der Waals surface area contributed by atoms with Crippen molar-refractivity contribution in [3.05, 3.63) is 30.5 Å². The van der Waals surface area contributed by atoms with Gasteiger partial charge in [-0.1, -0.05) is 12.1 Å². The van der Waals surface area contributed by atoms with Crippen LogP contribution in [0.25, 0.3) is 10.8 Å². The molecule has 0 saturated heterocycles. The number of hydrogen-bond acceptors (Lipinski definition) is 5. The first kappa shape index (κ1) is 14.6. The molecule has 2 aromatic rings. The molecule has 20 heavy (non-hydrogen) atoms. The lowest BCUT2D eigenvalue weighted by atomic mass is 10.1. The van der Waals surface area contributed by atoms with Gasteiger partial charge >= 0.3 is 0 Å². The second kappa shape index (κ2) is 6.54. The van der Waals surface area contributed by atoms with Gasteiger partial charge in [-0.25, -0.2) is 4.98 Å². The van der Waals surface area contributed by atoms with Crippen LogP contribution in [0.5, 0.6) is 5.75 Å². The quantitative estimate of drug-likeness (QED) is 0.868. The monoisotopic (exact) mass is 275 g/mol. The Bertz CT molecular complexity index is 574. The van der Waals surface area contributed by atoms with Crippen LogP contribution in [0, 0.1) is 0 Å².